The first-order valence-corrected chi connectivity index (χ1v) is 3.70. The third-order valence-corrected chi connectivity index (χ3v) is 0.167. The lowest BCUT2D eigenvalue weighted by Gasteiger charge is -1.82. The molecular weight excluding hydrogens is 147 g/mol. The second-order valence-corrected chi connectivity index (χ2v) is 2.11. The summed E-state index contributed by atoms with van der Waals surface area (Å²) in [5, 5.41) is 0. The molecule has 0 bridgehead atoms. The SMILES string of the molecule is CCC=O.O=P(O)(O)O. The molecule has 6 heteroatoms. The molecule has 0 radical (unpaired) electrons. The number of aldehydes is 1. The number of phosphoric acid groups is 1. The smallest absolute Gasteiger partial charge is 0.303 e. The third kappa shape index (κ3) is 427. The van der Waals surface area contributed by atoms with E-state index in [9.17, 15) is 4.79 Å². The summed E-state index contributed by atoms with van der Waals surface area (Å²) >= 11 is 0. The van der Waals surface area contributed by atoms with Gasteiger partial charge in [0.05, 0.1) is 0 Å². The van der Waals surface area contributed by atoms with Crippen molar-refractivity contribution in [3.63, 3.8) is 0 Å². The molecule has 0 aromatic carbocycles. The van der Waals surface area contributed by atoms with Gasteiger partial charge in [-0.05, 0) is 0 Å². The van der Waals surface area contributed by atoms with Crippen LogP contribution in [0.25, 0.3) is 0 Å². The molecule has 0 aliphatic carbocycles. The van der Waals surface area contributed by atoms with Crippen LogP contribution in [0.1, 0.15) is 13.3 Å². The molecule has 9 heavy (non-hydrogen) atoms. The van der Waals surface area contributed by atoms with E-state index in [0.717, 1.165) is 6.29 Å². The van der Waals surface area contributed by atoms with Gasteiger partial charge < -0.3 is 19.5 Å². The first kappa shape index (κ1) is 11.6. The Balaban J connectivity index is 0. The molecule has 0 rings (SSSR count). The van der Waals surface area contributed by atoms with Crippen molar-refractivity contribution in [1.82, 2.24) is 0 Å². The van der Waals surface area contributed by atoms with E-state index in [0.29, 0.717) is 6.42 Å². The summed E-state index contributed by atoms with van der Waals surface area (Å²) in [6.45, 7) is 1.81. The lowest BCUT2D eigenvalue weighted by atomic mass is 10.6. The van der Waals surface area contributed by atoms with Crippen molar-refractivity contribution < 1.29 is 24.0 Å². The number of rotatable bonds is 1. The second-order valence-electron chi connectivity index (χ2n) is 1.09. The monoisotopic (exact) mass is 156 g/mol. The molecule has 0 spiro atoms. The fourth-order valence-corrected chi connectivity index (χ4v) is 0. The van der Waals surface area contributed by atoms with Crippen molar-refractivity contribution in [2.24, 2.45) is 0 Å². The Morgan fingerprint density at radius 1 is 1.44 bits per heavy atom. The highest BCUT2D eigenvalue weighted by molar-refractivity contribution is 7.45. The topological polar surface area (TPSA) is 94.8 Å². The Morgan fingerprint density at radius 3 is 1.56 bits per heavy atom. The molecule has 0 saturated carbocycles. The summed E-state index contributed by atoms with van der Waals surface area (Å²) in [7, 11) is -4.64. The zero-order valence-electron chi connectivity index (χ0n) is 4.89. The van der Waals surface area contributed by atoms with Crippen LogP contribution in [0.3, 0.4) is 0 Å². The van der Waals surface area contributed by atoms with Gasteiger partial charge in [0.2, 0.25) is 0 Å². The molecule has 0 atom stereocenters. The second kappa shape index (κ2) is 5.91. The van der Waals surface area contributed by atoms with Crippen LogP contribution in [0.2, 0.25) is 0 Å². The number of hydrogen-bond acceptors (Lipinski definition) is 2. The molecule has 0 unspecified atom stereocenters. The van der Waals surface area contributed by atoms with Crippen molar-refractivity contribution in [1.29, 1.82) is 0 Å². The molecule has 0 aromatic rings. The van der Waals surface area contributed by atoms with Crippen molar-refractivity contribution >= 4 is 14.1 Å². The summed E-state index contributed by atoms with van der Waals surface area (Å²) in [5.74, 6) is 0. The maximum Gasteiger partial charge on any atom is 0.466 e. The number of carbonyl (C=O) groups is 1. The van der Waals surface area contributed by atoms with Gasteiger partial charge in [-0.15, -0.1) is 0 Å². The molecule has 0 aliphatic heterocycles. The van der Waals surface area contributed by atoms with E-state index in [1.807, 2.05) is 6.92 Å². The van der Waals surface area contributed by atoms with Crippen LogP contribution in [0, 0.1) is 0 Å². The van der Waals surface area contributed by atoms with Crippen LogP contribution >= 0.6 is 7.82 Å². The van der Waals surface area contributed by atoms with Gasteiger partial charge in [0.1, 0.15) is 6.29 Å². The van der Waals surface area contributed by atoms with Gasteiger partial charge in [-0.25, -0.2) is 4.57 Å². The van der Waals surface area contributed by atoms with Crippen molar-refractivity contribution in [3.8, 4) is 0 Å². The minimum absolute atomic E-state index is 0.639. The first-order valence-electron chi connectivity index (χ1n) is 2.13. The fourth-order valence-electron chi connectivity index (χ4n) is 0. The molecule has 0 saturated heterocycles. The molecule has 56 valence electrons. The van der Waals surface area contributed by atoms with Gasteiger partial charge >= 0.3 is 7.82 Å². The van der Waals surface area contributed by atoms with Crippen LogP contribution in [0.5, 0.6) is 0 Å². The highest BCUT2D eigenvalue weighted by atomic mass is 31.2. The maximum absolute atomic E-state index is 9.17. The zero-order chi connectivity index (χ0) is 7.91. The zero-order valence-corrected chi connectivity index (χ0v) is 5.78. The van der Waals surface area contributed by atoms with Crippen molar-refractivity contribution in [3.05, 3.63) is 0 Å². The predicted octanol–water partition coefficient (Wildman–Crippen LogP) is -0.333. The van der Waals surface area contributed by atoms with Crippen LogP contribution < -0.4 is 0 Å². The molecule has 0 heterocycles. The average molecular weight is 156 g/mol. The van der Waals surface area contributed by atoms with Gasteiger partial charge in [0.15, 0.2) is 0 Å². The Bertz CT molecular complexity index is 96.5. The maximum atomic E-state index is 9.17. The molecule has 0 aromatic heterocycles. The minimum atomic E-state index is -4.64. The fraction of sp³-hybridized carbons (Fsp3) is 0.667. The molecular formula is C3H9O5P. The summed E-state index contributed by atoms with van der Waals surface area (Å²) in [6, 6.07) is 0. The quantitative estimate of drug-likeness (QED) is 0.356. The summed E-state index contributed by atoms with van der Waals surface area (Å²) in [5.41, 5.74) is 0. The molecule has 3 N–H and O–H groups in total. The Hall–Kier alpha value is -0.220. The summed E-state index contributed by atoms with van der Waals surface area (Å²) in [4.78, 5) is 30.7. The van der Waals surface area contributed by atoms with E-state index in [-0.39, 0.29) is 0 Å². The summed E-state index contributed by atoms with van der Waals surface area (Å²) < 4.78 is 8.88. The van der Waals surface area contributed by atoms with E-state index in [1.165, 1.54) is 0 Å². The van der Waals surface area contributed by atoms with Gasteiger partial charge in [0.25, 0.3) is 0 Å². The van der Waals surface area contributed by atoms with E-state index in [4.69, 9.17) is 19.2 Å². The normalized spacial score (nSPS) is 9.33. The lowest BCUT2D eigenvalue weighted by Crippen LogP contribution is -1.66. The Morgan fingerprint density at radius 2 is 1.56 bits per heavy atom. The standard InChI is InChI=1S/C3H6O.H3O4P/c1-2-3-4;1-5(2,3)4/h3H,2H2,1H3;(H3,1,2,3,4). The Kier molecular flexibility index (Phi) is 7.59. The molecule has 5 nitrogen and oxygen atoms in total. The number of carbonyl (C=O) groups excluding carboxylic acids is 1. The van der Waals surface area contributed by atoms with Crippen molar-refractivity contribution in [2.75, 3.05) is 0 Å². The van der Waals surface area contributed by atoms with E-state index >= 15 is 0 Å². The van der Waals surface area contributed by atoms with E-state index in [2.05, 4.69) is 0 Å². The first-order chi connectivity index (χ1) is 3.91. The van der Waals surface area contributed by atoms with Gasteiger partial charge in [-0.3, -0.25) is 0 Å². The highest BCUT2D eigenvalue weighted by Crippen LogP contribution is 2.25. The Labute approximate surface area is 52.6 Å². The molecule has 0 fully saturated rings. The third-order valence-electron chi connectivity index (χ3n) is 0.167. The van der Waals surface area contributed by atoms with Gasteiger partial charge in [0, 0.05) is 6.42 Å². The molecule has 0 aliphatic rings. The highest BCUT2D eigenvalue weighted by Gasteiger charge is 2.00. The number of hydrogen-bond donors (Lipinski definition) is 3. The van der Waals surface area contributed by atoms with Gasteiger partial charge in [-0.2, -0.15) is 0 Å². The lowest BCUT2D eigenvalue weighted by molar-refractivity contribution is -0.107. The average Bonchev–Trinajstić information content (AvgIpc) is 1.61. The molecule has 0 amide bonds. The van der Waals surface area contributed by atoms with E-state index < -0.39 is 7.82 Å². The van der Waals surface area contributed by atoms with E-state index in [1.54, 1.807) is 0 Å². The van der Waals surface area contributed by atoms with Gasteiger partial charge in [-0.1, -0.05) is 6.92 Å². The summed E-state index contributed by atoms with van der Waals surface area (Å²) in [6.07, 6.45) is 1.51. The van der Waals surface area contributed by atoms with Crippen LogP contribution in [0.15, 0.2) is 0 Å². The van der Waals surface area contributed by atoms with Crippen LogP contribution in [-0.2, 0) is 9.36 Å². The minimum Gasteiger partial charge on any atom is -0.303 e. The van der Waals surface area contributed by atoms with Crippen LogP contribution in [-0.4, -0.2) is 21.0 Å². The van der Waals surface area contributed by atoms with Crippen LogP contribution in [0.4, 0.5) is 0 Å². The largest absolute Gasteiger partial charge is 0.466 e. The predicted molar refractivity (Wildman–Crippen MR) is 30.6 cm³/mol. The van der Waals surface area contributed by atoms with Crippen molar-refractivity contribution in [2.45, 2.75) is 13.3 Å².